The third-order valence-electron chi connectivity index (χ3n) is 5.91. The zero-order chi connectivity index (χ0) is 23.1. The van der Waals surface area contributed by atoms with Crippen LogP contribution in [-0.4, -0.2) is 39.6 Å². The van der Waals surface area contributed by atoms with Crippen molar-refractivity contribution >= 4 is 23.4 Å². The number of rotatable bonds is 7. The van der Waals surface area contributed by atoms with Gasteiger partial charge in [0, 0.05) is 34.3 Å². The van der Waals surface area contributed by atoms with Crippen molar-refractivity contribution in [1.82, 2.24) is 20.6 Å². The van der Waals surface area contributed by atoms with Gasteiger partial charge in [-0.25, -0.2) is 4.98 Å². The molecule has 8 heteroatoms. The number of carbonyl (C=O) groups excluding carboxylic acids is 3. The number of nitrogens with one attached hydrogen (secondary N) is 3. The lowest BCUT2D eigenvalue weighted by molar-refractivity contribution is 0.0942. The summed E-state index contributed by atoms with van der Waals surface area (Å²) in [5, 5.41) is 5.89. The van der Waals surface area contributed by atoms with E-state index in [9.17, 15) is 14.4 Å². The second-order valence-electron chi connectivity index (χ2n) is 8.78. The highest BCUT2D eigenvalue weighted by Gasteiger charge is 2.26. The largest absolute Gasteiger partial charge is 0.383 e. The highest BCUT2D eigenvalue weighted by molar-refractivity contribution is 6.12. The summed E-state index contributed by atoms with van der Waals surface area (Å²) >= 11 is 0. The van der Waals surface area contributed by atoms with Crippen molar-refractivity contribution in [2.45, 2.75) is 44.7 Å². The molecule has 2 fully saturated rings. The first-order valence-electron chi connectivity index (χ1n) is 11.1. The summed E-state index contributed by atoms with van der Waals surface area (Å²) in [6, 6.07) is 12.4. The molecule has 2 aromatic carbocycles. The predicted molar refractivity (Wildman–Crippen MR) is 124 cm³/mol. The van der Waals surface area contributed by atoms with Gasteiger partial charge in [-0.15, -0.1) is 0 Å². The van der Waals surface area contributed by atoms with Crippen LogP contribution in [0.1, 0.15) is 68.0 Å². The van der Waals surface area contributed by atoms with Crippen molar-refractivity contribution in [2.75, 3.05) is 5.73 Å². The van der Waals surface area contributed by atoms with E-state index in [-0.39, 0.29) is 41.2 Å². The van der Waals surface area contributed by atoms with Crippen LogP contribution in [0.4, 0.5) is 5.82 Å². The number of hydrogen-bond donors (Lipinski definition) is 4. The van der Waals surface area contributed by atoms with Crippen LogP contribution in [0, 0.1) is 6.92 Å². The van der Waals surface area contributed by atoms with E-state index in [1.807, 2.05) is 13.0 Å². The molecule has 0 radical (unpaired) electrons. The molecule has 1 aromatic heterocycles. The standard InChI is InChI=1S/C25H25N5O3/c1-13-5-6-16(25(33)28-18-9-10-18)12-19(13)23-29-20(22(26)30-23)21(31)14-3-2-4-15(11-14)24(32)27-17-7-8-17/h2-6,11-12,17-18H,7-10,26H2,1H3,(H,27,32)(H,28,33)(H,29,30). The van der Waals surface area contributed by atoms with Crippen LogP contribution in [0.3, 0.4) is 0 Å². The Morgan fingerprint density at radius 3 is 2.15 bits per heavy atom. The van der Waals surface area contributed by atoms with Crippen molar-refractivity contribution < 1.29 is 14.4 Å². The number of nitrogens with two attached hydrogens (primary N) is 1. The molecule has 2 aliphatic carbocycles. The minimum Gasteiger partial charge on any atom is -0.383 e. The number of hydrogen-bond acceptors (Lipinski definition) is 5. The minimum atomic E-state index is -0.378. The number of H-pyrrole nitrogens is 1. The molecule has 0 bridgehead atoms. The van der Waals surface area contributed by atoms with Crippen LogP contribution in [-0.2, 0) is 0 Å². The first-order chi connectivity index (χ1) is 15.9. The van der Waals surface area contributed by atoms with E-state index in [0.717, 1.165) is 31.2 Å². The van der Waals surface area contributed by atoms with E-state index in [4.69, 9.17) is 5.73 Å². The van der Waals surface area contributed by atoms with E-state index in [1.165, 1.54) is 0 Å². The maximum Gasteiger partial charge on any atom is 0.251 e. The fraction of sp³-hybridized carbons (Fsp3) is 0.280. The van der Waals surface area contributed by atoms with Gasteiger partial charge < -0.3 is 21.4 Å². The van der Waals surface area contributed by atoms with Crippen molar-refractivity contribution in [3.8, 4) is 11.4 Å². The van der Waals surface area contributed by atoms with Crippen molar-refractivity contribution in [1.29, 1.82) is 0 Å². The normalized spacial score (nSPS) is 15.2. The molecular weight excluding hydrogens is 418 g/mol. The smallest absolute Gasteiger partial charge is 0.251 e. The number of aromatic nitrogens is 2. The third kappa shape index (κ3) is 4.50. The molecule has 1 heterocycles. The molecule has 0 spiro atoms. The quantitative estimate of drug-likeness (QED) is 0.417. The predicted octanol–water partition coefficient (Wildman–Crippen LogP) is 2.98. The Kier molecular flexibility index (Phi) is 5.20. The van der Waals surface area contributed by atoms with Gasteiger partial charge in [-0.3, -0.25) is 14.4 Å². The maximum absolute atomic E-state index is 13.2. The molecule has 2 amide bonds. The summed E-state index contributed by atoms with van der Waals surface area (Å²) in [7, 11) is 0. The zero-order valence-electron chi connectivity index (χ0n) is 18.3. The molecule has 2 saturated carbocycles. The molecular formula is C25H25N5O3. The van der Waals surface area contributed by atoms with Gasteiger partial charge in [-0.1, -0.05) is 18.2 Å². The average Bonchev–Trinajstić information content (AvgIpc) is 3.74. The Labute approximate surface area is 191 Å². The summed E-state index contributed by atoms with van der Waals surface area (Å²) in [6.45, 7) is 1.90. The average molecular weight is 444 g/mol. The Bertz CT molecular complexity index is 1270. The Hall–Kier alpha value is -3.94. The van der Waals surface area contributed by atoms with Gasteiger partial charge in [-0.05, 0) is 62.4 Å². The van der Waals surface area contributed by atoms with Crippen molar-refractivity contribution in [2.24, 2.45) is 0 Å². The van der Waals surface area contributed by atoms with Gasteiger partial charge in [0.05, 0.1) is 0 Å². The van der Waals surface area contributed by atoms with Crippen LogP contribution in [0.15, 0.2) is 42.5 Å². The number of imidazole rings is 1. The van der Waals surface area contributed by atoms with Crippen molar-refractivity contribution in [3.05, 3.63) is 70.4 Å². The van der Waals surface area contributed by atoms with Crippen LogP contribution < -0.4 is 16.4 Å². The lowest BCUT2D eigenvalue weighted by Gasteiger charge is -2.07. The molecule has 2 aliphatic rings. The molecule has 0 unspecified atom stereocenters. The molecule has 0 saturated heterocycles. The first kappa shape index (κ1) is 20.9. The summed E-state index contributed by atoms with van der Waals surface area (Å²) in [4.78, 5) is 45.4. The second kappa shape index (κ2) is 8.20. The number of carbonyl (C=O) groups is 3. The first-order valence-corrected chi connectivity index (χ1v) is 11.1. The zero-order valence-corrected chi connectivity index (χ0v) is 18.3. The van der Waals surface area contributed by atoms with Crippen LogP contribution >= 0.6 is 0 Å². The van der Waals surface area contributed by atoms with Crippen LogP contribution in [0.2, 0.25) is 0 Å². The topological polar surface area (TPSA) is 130 Å². The Balaban J connectivity index is 1.41. The summed E-state index contributed by atoms with van der Waals surface area (Å²) in [6.07, 6.45) is 3.99. The fourth-order valence-corrected chi connectivity index (χ4v) is 3.64. The van der Waals surface area contributed by atoms with Gasteiger partial charge in [0.1, 0.15) is 11.6 Å². The number of nitrogen functional groups attached to an aromatic ring is 1. The number of aromatic amines is 1. The maximum atomic E-state index is 13.2. The third-order valence-corrected chi connectivity index (χ3v) is 5.91. The lowest BCUT2D eigenvalue weighted by Crippen LogP contribution is -2.25. The second-order valence-corrected chi connectivity index (χ2v) is 8.78. The van der Waals surface area contributed by atoms with E-state index in [0.29, 0.717) is 28.1 Å². The van der Waals surface area contributed by atoms with E-state index in [2.05, 4.69) is 20.6 Å². The van der Waals surface area contributed by atoms with Crippen LogP contribution in [0.25, 0.3) is 11.4 Å². The monoisotopic (exact) mass is 443 g/mol. The molecule has 8 nitrogen and oxygen atoms in total. The molecule has 0 aliphatic heterocycles. The van der Waals surface area contributed by atoms with Gasteiger partial charge in [0.25, 0.3) is 11.8 Å². The number of aryl methyl sites for hydroxylation is 1. The molecule has 3 aromatic rings. The highest BCUT2D eigenvalue weighted by atomic mass is 16.2. The highest BCUT2D eigenvalue weighted by Crippen LogP contribution is 2.27. The van der Waals surface area contributed by atoms with E-state index >= 15 is 0 Å². The van der Waals surface area contributed by atoms with Gasteiger partial charge >= 0.3 is 0 Å². The molecule has 168 valence electrons. The number of anilines is 1. The van der Waals surface area contributed by atoms with E-state index in [1.54, 1.807) is 36.4 Å². The van der Waals surface area contributed by atoms with Gasteiger partial charge in [0.2, 0.25) is 5.78 Å². The summed E-state index contributed by atoms with van der Waals surface area (Å²) in [5.74, 6) is -0.154. The van der Waals surface area contributed by atoms with Gasteiger partial charge in [-0.2, -0.15) is 0 Å². The number of amides is 2. The summed E-state index contributed by atoms with van der Waals surface area (Å²) < 4.78 is 0. The summed E-state index contributed by atoms with van der Waals surface area (Å²) in [5.41, 5.74) is 9.07. The van der Waals surface area contributed by atoms with Gasteiger partial charge in [0.15, 0.2) is 5.69 Å². The molecule has 0 atom stereocenters. The SMILES string of the molecule is Cc1ccc(C(=O)NC2CC2)cc1-c1nc(C(=O)c2cccc(C(=O)NC3CC3)c2)c(N)[nH]1. The number of benzene rings is 2. The Morgan fingerprint density at radius 1 is 0.909 bits per heavy atom. The van der Waals surface area contributed by atoms with Crippen LogP contribution in [0.5, 0.6) is 0 Å². The molecule has 5 N–H and O–H groups in total. The minimum absolute atomic E-state index is 0.0805. The fourth-order valence-electron chi connectivity index (χ4n) is 3.64. The molecule has 33 heavy (non-hydrogen) atoms. The Morgan fingerprint density at radius 2 is 1.52 bits per heavy atom. The lowest BCUT2D eigenvalue weighted by atomic mass is 10.0. The number of nitrogens with zero attached hydrogens (tertiary/aromatic N) is 1. The number of ketones is 1. The molecule has 5 rings (SSSR count). The van der Waals surface area contributed by atoms with Crippen molar-refractivity contribution in [3.63, 3.8) is 0 Å². The van der Waals surface area contributed by atoms with E-state index < -0.39 is 0 Å².